The maximum atomic E-state index is 11.9. The molecular formula is C14H16N2O4. The number of benzene rings is 1. The van der Waals surface area contributed by atoms with Crippen molar-refractivity contribution in [1.29, 1.82) is 0 Å². The lowest BCUT2D eigenvalue weighted by molar-refractivity contribution is -0.136. The van der Waals surface area contributed by atoms with Crippen LogP contribution in [-0.4, -0.2) is 28.9 Å². The lowest BCUT2D eigenvalue weighted by Gasteiger charge is -2.12. The summed E-state index contributed by atoms with van der Waals surface area (Å²) in [7, 11) is 0. The Morgan fingerprint density at radius 2 is 2.00 bits per heavy atom. The Kier molecular flexibility index (Phi) is 4.34. The summed E-state index contributed by atoms with van der Waals surface area (Å²) < 4.78 is 0. The van der Waals surface area contributed by atoms with Crippen LogP contribution in [0.25, 0.3) is 0 Å². The predicted molar refractivity (Wildman–Crippen MR) is 70.8 cm³/mol. The highest BCUT2D eigenvalue weighted by atomic mass is 16.4. The first-order valence-electron chi connectivity index (χ1n) is 6.42. The van der Waals surface area contributed by atoms with Crippen molar-refractivity contribution >= 4 is 17.8 Å². The molecule has 0 saturated carbocycles. The molecule has 1 atom stereocenters. The standard InChI is InChI=1S/C14H16N2O4/c17-12-6-5-11(16-12)14(20)15-8-10-4-2-1-3-9(10)7-13(18)19/h1-4,11H,5-8H2,(H,15,20)(H,16,17)(H,18,19)/t11-/m0/s1. The maximum absolute atomic E-state index is 11.9. The zero-order chi connectivity index (χ0) is 14.5. The average molecular weight is 276 g/mol. The van der Waals surface area contributed by atoms with Gasteiger partial charge in [0.15, 0.2) is 0 Å². The Balaban J connectivity index is 1.95. The van der Waals surface area contributed by atoms with E-state index in [1.807, 2.05) is 0 Å². The van der Waals surface area contributed by atoms with Crippen molar-refractivity contribution in [3.63, 3.8) is 0 Å². The van der Waals surface area contributed by atoms with E-state index < -0.39 is 12.0 Å². The van der Waals surface area contributed by atoms with E-state index in [1.165, 1.54) is 0 Å². The van der Waals surface area contributed by atoms with Crippen molar-refractivity contribution in [3.05, 3.63) is 35.4 Å². The number of aliphatic carboxylic acids is 1. The fraction of sp³-hybridized carbons (Fsp3) is 0.357. The average Bonchev–Trinajstić information content (AvgIpc) is 2.83. The van der Waals surface area contributed by atoms with E-state index in [1.54, 1.807) is 24.3 Å². The van der Waals surface area contributed by atoms with Crippen molar-refractivity contribution in [2.75, 3.05) is 0 Å². The number of amides is 2. The number of hydrogen-bond acceptors (Lipinski definition) is 3. The number of carboxylic acids is 1. The molecule has 0 aromatic heterocycles. The van der Waals surface area contributed by atoms with Crippen LogP contribution in [0.2, 0.25) is 0 Å². The van der Waals surface area contributed by atoms with Gasteiger partial charge >= 0.3 is 5.97 Å². The minimum Gasteiger partial charge on any atom is -0.481 e. The molecule has 1 heterocycles. The minimum atomic E-state index is -0.910. The van der Waals surface area contributed by atoms with E-state index in [0.717, 1.165) is 5.56 Å². The molecule has 6 nitrogen and oxygen atoms in total. The lowest BCUT2D eigenvalue weighted by atomic mass is 10.0. The van der Waals surface area contributed by atoms with Gasteiger partial charge in [0.1, 0.15) is 6.04 Å². The van der Waals surface area contributed by atoms with Gasteiger partial charge < -0.3 is 15.7 Å². The third-order valence-corrected chi connectivity index (χ3v) is 3.22. The van der Waals surface area contributed by atoms with Crippen LogP contribution in [0.1, 0.15) is 24.0 Å². The molecule has 106 valence electrons. The normalized spacial score (nSPS) is 17.6. The van der Waals surface area contributed by atoms with Gasteiger partial charge in [-0.2, -0.15) is 0 Å². The van der Waals surface area contributed by atoms with Crippen LogP contribution in [0.4, 0.5) is 0 Å². The number of nitrogens with one attached hydrogen (secondary N) is 2. The molecule has 1 aliphatic heterocycles. The number of rotatable bonds is 5. The van der Waals surface area contributed by atoms with Crippen LogP contribution in [0.3, 0.4) is 0 Å². The third-order valence-electron chi connectivity index (χ3n) is 3.22. The summed E-state index contributed by atoms with van der Waals surface area (Å²) in [6.45, 7) is 0.259. The van der Waals surface area contributed by atoms with E-state index >= 15 is 0 Å². The predicted octanol–water partition coefficient (Wildman–Crippen LogP) is 0.209. The lowest BCUT2D eigenvalue weighted by Crippen LogP contribution is -2.41. The van der Waals surface area contributed by atoms with Gasteiger partial charge in [-0.05, 0) is 17.5 Å². The first-order chi connectivity index (χ1) is 9.56. The van der Waals surface area contributed by atoms with Gasteiger partial charge in [0.25, 0.3) is 0 Å². The highest BCUT2D eigenvalue weighted by Gasteiger charge is 2.26. The monoisotopic (exact) mass is 276 g/mol. The molecule has 1 fully saturated rings. The molecular weight excluding hydrogens is 260 g/mol. The fourth-order valence-electron chi connectivity index (χ4n) is 2.18. The Hall–Kier alpha value is -2.37. The second kappa shape index (κ2) is 6.18. The summed E-state index contributed by atoms with van der Waals surface area (Å²) in [5, 5.41) is 14.2. The van der Waals surface area contributed by atoms with Gasteiger partial charge in [-0.15, -0.1) is 0 Å². The SMILES string of the molecule is O=C(O)Cc1ccccc1CNC(=O)[C@@H]1CCC(=O)N1. The molecule has 1 aromatic rings. The molecule has 0 unspecified atom stereocenters. The summed E-state index contributed by atoms with van der Waals surface area (Å²) in [5.41, 5.74) is 1.45. The molecule has 1 aromatic carbocycles. The molecule has 2 rings (SSSR count). The van der Waals surface area contributed by atoms with Crippen LogP contribution in [0.5, 0.6) is 0 Å². The molecule has 0 spiro atoms. The molecule has 20 heavy (non-hydrogen) atoms. The zero-order valence-electron chi connectivity index (χ0n) is 10.9. The zero-order valence-corrected chi connectivity index (χ0v) is 10.9. The molecule has 0 radical (unpaired) electrons. The van der Waals surface area contributed by atoms with Gasteiger partial charge in [0, 0.05) is 13.0 Å². The summed E-state index contributed by atoms with van der Waals surface area (Å²) in [6, 6.07) is 6.60. The molecule has 1 saturated heterocycles. The summed E-state index contributed by atoms with van der Waals surface area (Å²) in [6.07, 6.45) is 0.793. The Morgan fingerprint density at radius 3 is 2.60 bits per heavy atom. The smallest absolute Gasteiger partial charge is 0.307 e. The van der Waals surface area contributed by atoms with Crippen molar-refractivity contribution in [3.8, 4) is 0 Å². The number of carbonyl (C=O) groups excluding carboxylic acids is 2. The van der Waals surface area contributed by atoms with E-state index in [9.17, 15) is 14.4 Å². The number of hydrogen-bond donors (Lipinski definition) is 3. The van der Waals surface area contributed by atoms with Crippen LogP contribution in [0, 0.1) is 0 Å². The van der Waals surface area contributed by atoms with E-state index in [0.29, 0.717) is 18.4 Å². The molecule has 6 heteroatoms. The van der Waals surface area contributed by atoms with Crippen molar-refractivity contribution < 1.29 is 19.5 Å². The second-order valence-electron chi connectivity index (χ2n) is 4.72. The van der Waals surface area contributed by atoms with Gasteiger partial charge in [0.05, 0.1) is 6.42 Å². The highest BCUT2D eigenvalue weighted by molar-refractivity contribution is 5.90. The molecule has 2 amide bonds. The summed E-state index contributed by atoms with van der Waals surface area (Å²) in [4.78, 5) is 33.7. The third kappa shape index (κ3) is 3.57. The summed E-state index contributed by atoms with van der Waals surface area (Å²) in [5.74, 6) is -1.26. The van der Waals surface area contributed by atoms with Crippen LogP contribution < -0.4 is 10.6 Å². The fourth-order valence-corrected chi connectivity index (χ4v) is 2.18. The number of carbonyl (C=O) groups is 3. The number of carboxylic acid groups (broad SMARTS) is 1. The largest absolute Gasteiger partial charge is 0.481 e. The van der Waals surface area contributed by atoms with Crippen LogP contribution in [-0.2, 0) is 27.3 Å². The van der Waals surface area contributed by atoms with Gasteiger partial charge in [0.2, 0.25) is 11.8 Å². The van der Waals surface area contributed by atoms with E-state index in [2.05, 4.69) is 10.6 Å². The molecule has 0 bridgehead atoms. The Bertz CT molecular complexity index is 542. The Morgan fingerprint density at radius 1 is 1.30 bits per heavy atom. The first-order valence-corrected chi connectivity index (χ1v) is 6.42. The topological polar surface area (TPSA) is 95.5 Å². The quantitative estimate of drug-likeness (QED) is 0.716. The van der Waals surface area contributed by atoms with Gasteiger partial charge in [-0.3, -0.25) is 14.4 Å². The van der Waals surface area contributed by atoms with Crippen LogP contribution in [0.15, 0.2) is 24.3 Å². The van der Waals surface area contributed by atoms with E-state index in [4.69, 9.17) is 5.11 Å². The summed E-state index contributed by atoms with van der Waals surface area (Å²) >= 11 is 0. The molecule has 0 aliphatic carbocycles. The highest BCUT2D eigenvalue weighted by Crippen LogP contribution is 2.11. The van der Waals surface area contributed by atoms with Gasteiger partial charge in [-0.1, -0.05) is 24.3 Å². The van der Waals surface area contributed by atoms with E-state index in [-0.39, 0.29) is 24.8 Å². The van der Waals surface area contributed by atoms with Crippen LogP contribution >= 0.6 is 0 Å². The molecule has 1 aliphatic rings. The first kappa shape index (κ1) is 14.0. The maximum Gasteiger partial charge on any atom is 0.307 e. The Labute approximate surface area is 116 Å². The second-order valence-corrected chi connectivity index (χ2v) is 4.72. The van der Waals surface area contributed by atoms with Crippen molar-refractivity contribution in [2.45, 2.75) is 31.8 Å². The van der Waals surface area contributed by atoms with Crippen molar-refractivity contribution in [2.24, 2.45) is 0 Å². The van der Waals surface area contributed by atoms with Crippen molar-refractivity contribution in [1.82, 2.24) is 10.6 Å². The molecule has 3 N–H and O–H groups in total. The minimum absolute atomic E-state index is 0.0772. The van der Waals surface area contributed by atoms with Gasteiger partial charge in [-0.25, -0.2) is 0 Å².